The van der Waals surface area contributed by atoms with Gasteiger partial charge >= 0.3 is 0 Å². The van der Waals surface area contributed by atoms with Gasteiger partial charge in [-0.15, -0.1) is 0 Å². The second kappa shape index (κ2) is 7.06. The third-order valence-electron chi connectivity index (χ3n) is 3.75. The van der Waals surface area contributed by atoms with Gasteiger partial charge in [-0.1, -0.05) is 31.5 Å². The van der Waals surface area contributed by atoms with Crippen molar-refractivity contribution in [3.63, 3.8) is 0 Å². The van der Waals surface area contributed by atoms with Crippen molar-refractivity contribution in [2.24, 2.45) is 5.92 Å². The summed E-state index contributed by atoms with van der Waals surface area (Å²) in [7, 11) is 4.28. The first-order valence-corrected chi connectivity index (χ1v) is 7.26. The van der Waals surface area contributed by atoms with E-state index in [2.05, 4.69) is 71.1 Å². The van der Waals surface area contributed by atoms with E-state index in [9.17, 15) is 0 Å². The highest BCUT2D eigenvalue weighted by Crippen LogP contribution is 2.17. The molecule has 1 aromatic carbocycles. The maximum atomic E-state index is 3.73. The zero-order valence-corrected chi connectivity index (χ0v) is 13.7. The van der Waals surface area contributed by atoms with Crippen molar-refractivity contribution in [2.45, 2.75) is 47.2 Å². The summed E-state index contributed by atoms with van der Waals surface area (Å²) in [5.74, 6) is 0.647. The minimum atomic E-state index is 0.537. The molecule has 1 unspecified atom stereocenters. The van der Waals surface area contributed by atoms with E-state index < -0.39 is 0 Å². The SMILES string of the molecule is Cc1cc(C)c(CNC(CN(C)C)C(C)C)c(C)c1. The van der Waals surface area contributed by atoms with Crippen LogP contribution in [0.25, 0.3) is 0 Å². The van der Waals surface area contributed by atoms with Gasteiger partial charge in [0.2, 0.25) is 0 Å². The van der Waals surface area contributed by atoms with E-state index in [1.54, 1.807) is 0 Å². The standard InChI is InChI=1S/C17H30N2/c1-12(2)17(11-19(6)7)18-10-16-14(4)8-13(3)9-15(16)5/h8-9,12,17-18H,10-11H2,1-7H3. The van der Waals surface area contributed by atoms with Crippen LogP contribution in [0.5, 0.6) is 0 Å². The zero-order valence-electron chi connectivity index (χ0n) is 13.7. The van der Waals surface area contributed by atoms with Crippen LogP contribution in [-0.4, -0.2) is 31.6 Å². The molecule has 19 heavy (non-hydrogen) atoms. The van der Waals surface area contributed by atoms with Crippen molar-refractivity contribution < 1.29 is 0 Å². The number of nitrogens with zero attached hydrogens (tertiary/aromatic N) is 1. The molecule has 0 aliphatic carbocycles. The van der Waals surface area contributed by atoms with Crippen LogP contribution in [0.2, 0.25) is 0 Å². The fourth-order valence-corrected chi connectivity index (χ4v) is 2.63. The number of nitrogens with one attached hydrogen (secondary N) is 1. The first-order valence-electron chi connectivity index (χ1n) is 7.26. The highest BCUT2D eigenvalue weighted by Gasteiger charge is 2.14. The fraction of sp³-hybridized carbons (Fsp3) is 0.647. The normalized spacial score (nSPS) is 13.3. The average Bonchev–Trinajstić information content (AvgIpc) is 2.25. The Balaban J connectivity index is 2.74. The second-order valence-electron chi connectivity index (χ2n) is 6.37. The van der Waals surface area contributed by atoms with E-state index >= 15 is 0 Å². The lowest BCUT2D eigenvalue weighted by molar-refractivity contribution is 0.288. The van der Waals surface area contributed by atoms with Gasteiger partial charge in [0.05, 0.1) is 0 Å². The van der Waals surface area contributed by atoms with Gasteiger partial charge in [0.1, 0.15) is 0 Å². The van der Waals surface area contributed by atoms with Gasteiger partial charge < -0.3 is 10.2 Å². The largest absolute Gasteiger partial charge is 0.308 e. The van der Waals surface area contributed by atoms with Crippen LogP contribution >= 0.6 is 0 Å². The van der Waals surface area contributed by atoms with Gasteiger partial charge in [-0.2, -0.15) is 0 Å². The van der Waals surface area contributed by atoms with Crippen LogP contribution in [0.4, 0.5) is 0 Å². The van der Waals surface area contributed by atoms with Gasteiger partial charge in [-0.25, -0.2) is 0 Å². The summed E-state index contributed by atoms with van der Waals surface area (Å²) in [6.07, 6.45) is 0. The van der Waals surface area contributed by atoms with E-state index in [0.29, 0.717) is 12.0 Å². The maximum absolute atomic E-state index is 3.73. The van der Waals surface area contributed by atoms with Crippen molar-refractivity contribution in [1.29, 1.82) is 0 Å². The molecule has 0 radical (unpaired) electrons. The third-order valence-corrected chi connectivity index (χ3v) is 3.75. The molecule has 0 aliphatic heterocycles. The molecule has 1 N–H and O–H groups in total. The molecule has 1 aromatic rings. The van der Waals surface area contributed by atoms with Crippen molar-refractivity contribution >= 4 is 0 Å². The average molecular weight is 262 g/mol. The lowest BCUT2D eigenvalue weighted by Crippen LogP contribution is -2.41. The molecule has 1 atom stereocenters. The first kappa shape index (κ1) is 16.2. The van der Waals surface area contributed by atoms with Gasteiger partial charge in [-0.3, -0.25) is 0 Å². The second-order valence-corrected chi connectivity index (χ2v) is 6.37. The summed E-state index contributed by atoms with van der Waals surface area (Å²) in [5, 5.41) is 3.73. The van der Waals surface area contributed by atoms with Crippen molar-refractivity contribution in [1.82, 2.24) is 10.2 Å². The fourth-order valence-electron chi connectivity index (χ4n) is 2.63. The van der Waals surface area contributed by atoms with E-state index in [1.165, 1.54) is 22.3 Å². The summed E-state index contributed by atoms with van der Waals surface area (Å²) in [6, 6.07) is 5.09. The van der Waals surface area contributed by atoms with Gasteiger partial charge in [-0.05, 0) is 57.5 Å². The minimum Gasteiger partial charge on any atom is -0.308 e. The van der Waals surface area contributed by atoms with Crippen LogP contribution in [-0.2, 0) is 6.54 Å². The molecule has 108 valence electrons. The molecule has 0 heterocycles. The highest BCUT2D eigenvalue weighted by molar-refractivity contribution is 5.37. The third kappa shape index (κ3) is 4.96. The quantitative estimate of drug-likeness (QED) is 0.846. The highest BCUT2D eigenvalue weighted by atomic mass is 15.1. The Labute approximate surface area is 119 Å². The van der Waals surface area contributed by atoms with Crippen LogP contribution in [0, 0.1) is 26.7 Å². The molecule has 2 heteroatoms. The van der Waals surface area contributed by atoms with Crippen LogP contribution in [0.15, 0.2) is 12.1 Å². The number of aryl methyl sites for hydroxylation is 3. The number of hydrogen-bond donors (Lipinski definition) is 1. The lowest BCUT2D eigenvalue weighted by atomic mass is 9.98. The molecule has 0 fully saturated rings. The lowest BCUT2D eigenvalue weighted by Gasteiger charge is -2.26. The summed E-state index contributed by atoms with van der Waals surface area (Å²) in [5.41, 5.74) is 5.61. The Hall–Kier alpha value is -0.860. The maximum Gasteiger partial charge on any atom is 0.0220 e. The molecule has 1 rings (SSSR count). The van der Waals surface area contributed by atoms with Crippen molar-refractivity contribution in [2.75, 3.05) is 20.6 Å². The Kier molecular flexibility index (Phi) is 6.02. The Morgan fingerprint density at radius 1 is 1.05 bits per heavy atom. The summed E-state index contributed by atoms with van der Waals surface area (Å²) in [6.45, 7) is 13.2. The van der Waals surface area contributed by atoms with Crippen LogP contribution < -0.4 is 5.32 Å². The van der Waals surface area contributed by atoms with E-state index in [0.717, 1.165) is 13.1 Å². The number of hydrogen-bond acceptors (Lipinski definition) is 2. The molecule has 2 nitrogen and oxygen atoms in total. The molecule has 0 aliphatic rings. The van der Waals surface area contributed by atoms with Crippen molar-refractivity contribution in [3.05, 3.63) is 34.4 Å². The molecule has 0 saturated carbocycles. The first-order chi connectivity index (χ1) is 8.81. The molecule has 0 aromatic heterocycles. The molecule has 0 spiro atoms. The van der Waals surface area contributed by atoms with Gasteiger partial charge in [0, 0.05) is 19.1 Å². The Morgan fingerprint density at radius 3 is 2.00 bits per heavy atom. The van der Waals surface area contributed by atoms with Crippen LogP contribution in [0.1, 0.15) is 36.1 Å². The number of likely N-dealkylation sites (N-methyl/N-ethyl adjacent to an activating group) is 1. The summed E-state index contributed by atoms with van der Waals surface area (Å²) in [4.78, 5) is 2.26. The molecule has 0 saturated heterocycles. The summed E-state index contributed by atoms with van der Waals surface area (Å²) >= 11 is 0. The topological polar surface area (TPSA) is 15.3 Å². The zero-order chi connectivity index (χ0) is 14.6. The smallest absolute Gasteiger partial charge is 0.0220 e. The monoisotopic (exact) mass is 262 g/mol. The van der Waals surface area contributed by atoms with Crippen LogP contribution in [0.3, 0.4) is 0 Å². The van der Waals surface area contributed by atoms with Gasteiger partial charge in [0.15, 0.2) is 0 Å². The molecular formula is C17H30N2. The minimum absolute atomic E-state index is 0.537. The summed E-state index contributed by atoms with van der Waals surface area (Å²) < 4.78 is 0. The van der Waals surface area contributed by atoms with E-state index in [-0.39, 0.29) is 0 Å². The Bertz CT molecular complexity index is 385. The van der Waals surface area contributed by atoms with Crippen molar-refractivity contribution in [3.8, 4) is 0 Å². The predicted molar refractivity (Wildman–Crippen MR) is 84.7 cm³/mol. The predicted octanol–water partition coefficient (Wildman–Crippen LogP) is 3.29. The van der Waals surface area contributed by atoms with E-state index in [4.69, 9.17) is 0 Å². The van der Waals surface area contributed by atoms with Gasteiger partial charge in [0.25, 0.3) is 0 Å². The molecular weight excluding hydrogens is 232 g/mol. The molecule has 0 amide bonds. The number of rotatable bonds is 6. The molecule has 0 bridgehead atoms. The Morgan fingerprint density at radius 2 is 1.58 bits per heavy atom. The number of benzene rings is 1. The van der Waals surface area contributed by atoms with E-state index in [1.807, 2.05) is 0 Å².